The molecule has 3 aromatic rings. The molecule has 25 heavy (non-hydrogen) atoms. The predicted octanol–water partition coefficient (Wildman–Crippen LogP) is 3.79. The minimum absolute atomic E-state index is 0.0353. The normalized spacial score (nSPS) is 15.2. The highest BCUT2D eigenvalue weighted by Crippen LogP contribution is 2.20. The molecular weight excluding hydrogens is 312 g/mol. The Morgan fingerprint density at radius 3 is 2.40 bits per heavy atom. The highest BCUT2D eigenvalue weighted by atomic mass is 16.3. The Morgan fingerprint density at radius 2 is 1.64 bits per heavy atom. The van der Waals surface area contributed by atoms with E-state index in [9.17, 15) is 4.79 Å². The zero-order valence-corrected chi connectivity index (χ0v) is 14.0. The maximum Gasteiger partial charge on any atom is 0.246 e. The van der Waals surface area contributed by atoms with E-state index < -0.39 is 0 Å². The number of piperazine rings is 1. The third kappa shape index (κ3) is 3.43. The number of amides is 1. The number of benzene rings is 2. The van der Waals surface area contributed by atoms with Crippen LogP contribution in [0.15, 0.2) is 71.2 Å². The molecule has 1 saturated heterocycles. The van der Waals surface area contributed by atoms with Gasteiger partial charge in [-0.05, 0) is 30.3 Å². The summed E-state index contributed by atoms with van der Waals surface area (Å²) in [5.41, 5.74) is 2.05. The molecule has 1 fully saturated rings. The van der Waals surface area contributed by atoms with Crippen molar-refractivity contribution in [1.29, 1.82) is 0 Å². The van der Waals surface area contributed by atoms with E-state index in [4.69, 9.17) is 4.42 Å². The first kappa shape index (κ1) is 15.5. The summed E-state index contributed by atoms with van der Waals surface area (Å²) >= 11 is 0. The summed E-state index contributed by atoms with van der Waals surface area (Å²) in [5, 5.41) is 1.05. The lowest BCUT2D eigenvalue weighted by Gasteiger charge is -2.35. The molecule has 0 N–H and O–H groups in total. The number of fused-ring (bicyclic) bond motifs is 1. The molecule has 1 aliphatic heterocycles. The van der Waals surface area contributed by atoms with Crippen molar-refractivity contribution in [2.75, 3.05) is 31.1 Å². The molecular formula is C21H20N2O2. The van der Waals surface area contributed by atoms with Gasteiger partial charge in [-0.25, -0.2) is 0 Å². The highest BCUT2D eigenvalue weighted by Gasteiger charge is 2.19. The number of anilines is 1. The molecule has 0 radical (unpaired) electrons. The molecule has 0 atom stereocenters. The van der Waals surface area contributed by atoms with Crippen molar-refractivity contribution in [3.8, 4) is 0 Å². The minimum Gasteiger partial charge on any atom is -0.457 e. The topological polar surface area (TPSA) is 36.7 Å². The fourth-order valence-corrected chi connectivity index (χ4v) is 3.17. The lowest BCUT2D eigenvalue weighted by atomic mass is 10.2. The second-order valence-corrected chi connectivity index (χ2v) is 6.17. The van der Waals surface area contributed by atoms with Gasteiger partial charge in [-0.2, -0.15) is 0 Å². The van der Waals surface area contributed by atoms with Gasteiger partial charge in [0.05, 0.1) is 0 Å². The van der Waals surface area contributed by atoms with Gasteiger partial charge in [0.15, 0.2) is 0 Å². The van der Waals surface area contributed by atoms with Crippen LogP contribution in [0.25, 0.3) is 17.0 Å². The SMILES string of the molecule is O=C(/C=C/c1cc2ccccc2o1)N1CCN(c2ccccc2)CC1. The zero-order valence-electron chi connectivity index (χ0n) is 14.0. The summed E-state index contributed by atoms with van der Waals surface area (Å²) in [7, 11) is 0. The van der Waals surface area contributed by atoms with Crippen LogP contribution in [0.3, 0.4) is 0 Å². The molecule has 2 heterocycles. The van der Waals surface area contributed by atoms with Gasteiger partial charge >= 0.3 is 0 Å². The van der Waals surface area contributed by atoms with E-state index in [1.807, 2.05) is 53.4 Å². The van der Waals surface area contributed by atoms with Gasteiger partial charge in [0, 0.05) is 43.3 Å². The molecule has 0 saturated carbocycles. The molecule has 0 bridgehead atoms. The third-order valence-corrected chi connectivity index (χ3v) is 4.55. The molecule has 0 unspecified atom stereocenters. The van der Waals surface area contributed by atoms with Crippen molar-refractivity contribution < 1.29 is 9.21 Å². The first-order valence-corrected chi connectivity index (χ1v) is 8.55. The highest BCUT2D eigenvalue weighted by molar-refractivity contribution is 5.92. The Hall–Kier alpha value is -3.01. The van der Waals surface area contributed by atoms with E-state index in [0.29, 0.717) is 5.76 Å². The number of carbonyl (C=O) groups is 1. The minimum atomic E-state index is 0.0353. The van der Waals surface area contributed by atoms with Crippen LogP contribution >= 0.6 is 0 Å². The summed E-state index contributed by atoms with van der Waals surface area (Å²) in [6.45, 7) is 3.18. The van der Waals surface area contributed by atoms with Gasteiger partial charge in [-0.3, -0.25) is 4.79 Å². The summed E-state index contributed by atoms with van der Waals surface area (Å²) in [6, 6.07) is 20.1. The smallest absolute Gasteiger partial charge is 0.246 e. The average Bonchev–Trinajstić information content (AvgIpc) is 3.10. The number of hydrogen-bond donors (Lipinski definition) is 0. The number of carbonyl (C=O) groups excluding carboxylic acids is 1. The Balaban J connectivity index is 1.37. The van der Waals surface area contributed by atoms with Crippen molar-refractivity contribution in [1.82, 2.24) is 4.90 Å². The third-order valence-electron chi connectivity index (χ3n) is 4.55. The van der Waals surface area contributed by atoms with E-state index in [2.05, 4.69) is 17.0 Å². The van der Waals surface area contributed by atoms with Gasteiger partial charge in [-0.1, -0.05) is 36.4 Å². The van der Waals surface area contributed by atoms with E-state index >= 15 is 0 Å². The molecule has 4 nitrogen and oxygen atoms in total. The lowest BCUT2D eigenvalue weighted by Crippen LogP contribution is -2.48. The van der Waals surface area contributed by atoms with Crippen LogP contribution in [0.2, 0.25) is 0 Å². The van der Waals surface area contributed by atoms with Gasteiger partial charge in [0.1, 0.15) is 11.3 Å². The largest absolute Gasteiger partial charge is 0.457 e. The van der Waals surface area contributed by atoms with E-state index in [1.54, 1.807) is 12.2 Å². The zero-order chi connectivity index (χ0) is 17.1. The summed E-state index contributed by atoms with van der Waals surface area (Å²) < 4.78 is 5.71. The summed E-state index contributed by atoms with van der Waals surface area (Å²) in [6.07, 6.45) is 3.36. The predicted molar refractivity (Wildman–Crippen MR) is 100 cm³/mol. The maximum absolute atomic E-state index is 12.4. The summed E-state index contributed by atoms with van der Waals surface area (Å²) in [5.74, 6) is 0.741. The van der Waals surface area contributed by atoms with Gasteiger partial charge in [0.25, 0.3) is 0 Å². The summed E-state index contributed by atoms with van der Waals surface area (Å²) in [4.78, 5) is 16.6. The van der Waals surface area contributed by atoms with Crippen molar-refractivity contribution in [3.63, 3.8) is 0 Å². The molecule has 2 aromatic carbocycles. The molecule has 4 heteroatoms. The van der Waals surface area contributed by atoms with Crippen LogP contribution in [0.1, 0.15) is 5.76 Å². The van der Waals surface area contributed by atoms with Crippen LogP contribution < -0.4 is 4.90 Å². The molecule has 1 aliphatic rings. The number of furan rings is 1. The molecule has 4 rings (SSSR count). The Labute approximate surface area is 147 Å². The van der Waals surface area contributed by atoms with E-state index in [-0.39, 0.29) is 5.91 Å². The maximum atomic E-state index is 12.4. The van der Waals surface area contributed by atoms with Crippen LogP contribution in [-0.4, -0.2) is 37.0 Å². The molecule has 0 spiro atoms. The van der Waals surface area contributed by atoms with Gasteiger partial charge < -0.3 is 14.2 Å². The monoisotopic (exact) mass is 332 g/mol. The van der Waals surface area contributed by atoms with Crippen molar-refractivity contribution in [3.05, 3.63) is 72.5 Å². The second kappa shape index (κ2) is 6.85. The lowest BCUT2D eigenvalue weighted by molar-refractivity contribution is -0.126. The average molecular weight is 332 g/mol. The van der Waals surface area contributed by atoms with Gasteiger partial charge in [0.2, 0.25) is 5.91 Å². The van der Waals surface area contributed by atoms with Crippen molar-refractivity contribution in [2.45, 2.75) is 0 Å². The number of rotatable bonds is 3. The molecule has 1 amide bonds. The van der Waals surface area contributed by atoms with Crippen LogP contribution in [0.5, 0.6) is 0 Å². The first-order chi connectivity index (χ1) is 12.3. The fourth-order valence-electron chi connectivity index (χ4n) is 3.17. The molecule has 0 aliphatic carbocycles. The van der Waals surface area contributed by atoms with Crippen LogP contribution in [0.4, 0.5) is 5.69 Å². The Kier molecular flexibility index (Phi) is 4.25. The van der Waals surface area contributed by atoms with Gasteiger partial charge in [-0.15, -0.1) is 0 Å². The Morgan fingerprint density at radius 1 is 0.920 bits per heavy atom. The quantitative estimate of drug-likeness (QED) is 0.685. The second-order valence-electron chi connectivity index (χ2n) is 6.17. The molecule has 1 aromatic heterocycles. The van der Waals surface area contributed by atoms with Crippen LogP contribution in [-0.2, 0) is 4.79 Å². The van der Waals surface area contributed by atoms with Crippen molar-refractivity contribution >= 4 is 28.6 Å². The Bertz CT molecular complexity index is 857. The molecule has 126 valence electrons. The van der Waals surface area contributed by atoms with E-state index in [0.717, 1.165) is 37.1 Å². The number of nitrogens with zero attached hydrogens (tertiary/aromatic N) is 2. The standard InChI is InChI=1S/C21H20N2O2/c24-21(11-10-19-16-17-6-4-5-9-20(17)25-19)23-14-12-22(13-15-23)18-7-2-1-3-8-18/h1-11,16H,12-15H2/b11-10+. The number of hydrogen-bond acceptors (Lipinski definition) is 3. The first-order valence-electron chi connectivity index (χ1n) is 8.55. The van der Waals surface area contributed by atoms with E-state index in [1.165, 1.54) is 5.69 Å². The fraction of sp³-hybridized carbons (Fsp3) is 0.190. The number of para-hydroxylation sites is 2. The van der Waals surface area contributed by atoms with Crippen molar-refractivity contribution in [2.24, 2.45) is 0 Å². The van der Waals surface area contributed by atoms with Crippen LogP contribution in [0, 0.1) is 0 Å².